The topological polar surface area (TPSA) is 75.2 Å². The van der Waals surface area contributed by atoms with Crippen molar-refractivity contribution in [2.75, 3.05) is 18.4 Å². The number of hydrogen-bond donors (Lipinski definition) is 1. The van der Waals surface area contributed by atoms with Gasteiger partial charge in [0.1, 0.15) is 34.5 Å². The van der Waals surface area contributed by atoms with Crippen LogP contribution in [0.2, 0.25) is 0 Å². The summed E-state index contributed by atoms with van der Waals surface area (Å²) in [6.07, 6.45) is 0. The molecule has 0 spiro atoms. The van der Waals surface area contributed by atoms with Gasteiger partial charge in [-0.15, -0.1) is 11.3 Å². The number of likely N-dealkylation sites (N-methyl/N-ethyl adjacent to an activating group) is 1. The molecule has 1 N–H and O–H groups in total. The highest BCUT2D eigenvalue weighted by molar-refractivity contribution is 7.20. The molecule has 0 aliphatic carbocycles. The second-order valence-electron chi connectivity index (χ2n) is 6.56. The maximum absolute atomic E-state index is 13.7. The largest absolute Gasteiger partial charge is 0.329 e. The first-order valence-corrected chi connectivity index (χ1v) is 9.82. The van der Waals surface area contributed by atoms with Crippen molar-refractivity contribution in [3.63, 3.8) is 0 Å². The monoisotopic (exact) mass is 418 g/mol. The van der Waals surface area contributed by atoms with Crippen molar-refractivity contribution < 1.29 is 18.4 Å². The van der Waals surface area contributed by atoms with Crippen LogP contribution in [0.4, 0.5) is 14.5 Å². The fourth-order valence-corrected chi connectivity index (χ4v) is 4.36. The number of nitrogens with zero attached hydrogens (tertiary/aromatic N) is 3. The molecule has 152 valence electrons. The highest BCUT2D eigenvalue weighted by atomic mass is 32.1. The molecule has 1 aromatic carbocycles. The van der Waals surface area contributed by atoms with E-state index in [4.69, 9.17) is 0 Å². The first kappa shape index (κ1) is 20.8. The summed E-state index contributed by atoms with van der Waals surface area (Å²) in [7, 11) is 0. The third-order valence-corrected chi connectivity index (χ3v) is 5.68. The third-order valence-electron chi connectivity index (χ3n) is 4.51. The summed E-state index contributed by atoms with van der Waals surface area (Å²) in [6.45, 7) is 7.11. The van der Waals surface area contributed by atoms with E-state index in [1.165, 1.54) is 22.3 Å². The number of nitrogens with one attached hydrogen (secondary N) is 1. The van der Waals surface area contributed by atoms with Crippen LogP contribution in [0.5, 0.6) is 0 Å². The SMILES string of the molecule is CCN(CC(=O)Nc1c(F)cccc1F)C(=O)c1sc2nc(C)nc(C)c2c1C. The molecule has 9 heteroatoms. The van der Waals surface area contributed by atoms with Crippen LogP contribution in [0.25, 0.3) is 10.2 Å². The summed E-state index contributed by atoms with van der Waals surface area (Å²) in [5.41, 5.74) is 1.02. The Morgan fingerprint density at radius 2 is 1.79 bits per heavy atom. The van der Waals surface area contributed by atoms with Gasteiger partial charge in [0.25, 0.3) is 5.91 Å². The van der Waals surface area contributed by atoms with Crippen LogP contribution in [0.15, 0.2) is 18.2 Å². The quantitative estimate of drug-likeness (QED) is 0.680. The first-order chi connectivity index (χ1) is 13.7. The van der Waals surface area contributed by atoms with Crippen molar-refractivity contribution in [3.8, 4) is 0 Å². The Balaban J connectivity index is 1.84. The number of hydrogen-bond acceptors (Lipinski definition) is 5. The number of halogens is 2. The first-order valence-electron chi connectivity index (χ1n) is 9.00. The smallest absolute Gasteiger partial charge is 0.264 e. The molecule has 0 atom stereocenters. The van der Waals surface area contributed by atoms with Gasteiger partial charge in [0, 0.05) is 17.6 Å². The van der Waals surface area contributed by atoms with Crippen molar-refractivity contribution in [2.45, 2.75) is 27.7 Å². The molecule has 3 aromatic rings. The Bertz CT molecular complexity index is 1090. The molecular weight excluding hydrogens is 398 g/mol. The Morgan fingerprint density at radius 1 is 1.14 bits per heavy atom. The average molecular weight is 418 g/mol. The minimum Gasteiger partial charge on any atom is -0.329 e. The Hall–Kier alpha value is -2.94. The van der Waals surface area contributed by atoms with Gasteiger partial charge in [0.15, 0.2) is 0 Å². The summed E-state index contributed by atoms with van der Waals surface area (Å²) in [6, 6.07) is 3.31. The van der Waals surface area contributed by atoms with E-state index in [2.05, 4.69) is 15.3 Å². The van der Waals surface area contributed by atoms with Crippen LogP contribution in [0.3, 0.4) is 0 Å². The van der Waals surface area contributed by atoms with E-state index in [0.717, 1.165) is 28.8 Å². The van der Waals surface area contributed by atoms with Crippen molar-refractivity contribution in [3.05, 3.63) is 51.8 Å². The lowest BCUT2D eigenvalue weighted by atomic mass is 10.1. The zero-order valence-electron chi connectivity index (χ0n) is 16.5. The highest BCUT2D eigenvalue weighted by Crippen LogP contribution is 2.32. The minimum atomic E-state index is -0.877. The summed E-state index contributed by atoms with van der Waals surface area (Å²) in [5.74, 6) is -2.16. The molecule has 2 heterocycles. The van der Waals surface area contributed by atoms with Crippen LogP contribution in [-0.2, 0) is 4.79 Å². The number of fused-ring (bicyclic) bond motifs is 1. The van der Waals surface area contributed by atoms with Gasteiger partial charge in [0.05, 0.1) is 4.88 Å². The molecule has 0 unspecified atom stereocenters. The normalized spacial score (nSPS) is 11.0. The molecular formula is C20H20F2N4O2S. The van der Waals surface area contributed by atoms with E-state index in [9.17, 15) is 18.4 Å². The maximum Gasteiger partial charge on any atom is 0.264 e. The number of aryl methyl sites for hydroxylation is 3. The van der Waals surface area contributed by atoms with E-state index < -0.39 is 23.2 Å². The molecule has 3 rings (SSSR count). The van der Waals surface area contributed by atoms with Crippen molar-refractivity contribution in [1.29, 1.82) is 0 Å². The zero-order valence-corrected chi connectivity index (χ0v) is 17.3. The van der Waals surface area contributed by atoms with Crippen LogP contribution >= 0.6 is 11.3 Å². The van der Waals surface area contributed by atoms with Gasteiger partial charge in [0.2, 0.25) is 5.91 Å². The second kappa shape index (κ2) is 8.20. The molecule has 0 aliphatic rings. The summed E-state index contributed by atoms with van der Waals surface area (Å²) in [4.78, 5) is 36.6. The maximum atomic E-state index is 13.7. The lowest BCUT2D eigenvalue weighted by Crippen LogP contribution is -2.38. The van der Waals surface area contributed by atoms with Crippen molar-refractivity contribution in [1.82, 2.24) is 14.9 Å². The Labute approximate surface area is 170 Å². The van der Waals surface area contributed by atoms with Crippen LogP contribution in [-0.4, -0.2) is 39.8 Å². The fraction of sp³-hybridized carbons (Fsp3) is 0.300. The Kier molecular flexibility index (Phi) is 5.88. The number of aromatic nitrogens is 2. The van der Waals surface area contributed by atoms with Gasteiger partial charge < -0.3 is 10.2 Å². The molecule has 29 heavy (non-hydrogen) atoms. The average Bonchev–Trinajstić information content (AvgIpc) is 2.98. The molecule has 6 nitrogen and oxygen atoms in total. The van der Waals surface area contributed by atoms with Crippen LogP contribution in [0, 0.1) is 32.4 Å². The van der Waals surface area contributed by atoms with Gasteiger partial charge in [-0.1, -0.05) is 6.07 Å². The summed E-state index contributed by atoms with van der Waals surface area (Å²) in [5, 5.41) is 3.04. The number of anilines is 1. The number of thiophene rings is 1. The molecule has 0 saturated heterocycles. The lowest BCUT2D eigenvalue weighted by Gasteiger charge is -2.20. The lowest BCUT2D eigenvalue weighted by molar-refractivity contribution is -0.116. The summed E-state index contributed by atoms with van der Waals surface area (Å²) >= 11 is 1.25. The fourth-order valence-electron chi connectivity index (χ4n) is 3.12. The number of amides is 2. The van der Waals surface area contributed by atoms with Crippen LogP contribution in [0.1, 0.15) is 33.7 Å². The van der Waals surface area contributed by atoms with Gasteiger partial charge in [-0.25, -0.2) is 18.7 Å². The molecule has 0 radical (unpaired) electrons. The molecule has 0 saturated carbocycles. The van der Waals surface area contributed by atoms with E-state index in [1.807, 2.05) is 13.8 Å². The van der Waals surface area contributed by atoms with Gasteiger partial charge in [-0.3, -0.25) is 9.59 Å². The number of benzene rings is 1. The van der Waals surface area contributed by atoms with E-state index >= 15 is 0 Å². The van der Waals surface area contributed by atoms with E-state index in [0.29, 0.717) is 15.5 Å². The van der Waals surface area contributed by atoms with Crippen molar-refractivity contribution >= 4 is 39.1 Å². The molecule has 0 fully saturated rings. The minimum absolute atomic E-state index is 0.253. The van der Waals surface area contributed by atoms with Gasteiger partial charge in [-0.05, 0) is 45.4 Å². The molecule has 2 aromatic heterocycles. The highest BCUT2D eigenvalue weighted by Gasteiger charge is 2.24. The van der Waals surface area contributed by atoms with Gasteiger partial charge >= 0.3 is 0 Å². The van der Waals surface area contributed by atoms with Crippen molar-refractivity contribution in [2.24, 2.45) is 0 Å². The van der Waals surface area contributed by atoms with Gasteiger partial charge in [-0.2, -0.15) is 0 Å². The molecule has 0 aliphatic heterocycles. The van der Waals surface area contributed by atoms with E-state index in [-0.39, 0.29) is 19.0 Å². The van der Waals surface area contributed by atoms with E-state index in [1.54, 1.807) is 13.8 Å². The zero-order chi connectivity index (χ0) is 21.3. The summed E-state index contributed by atoms with van der Waals surface area (Å²) < 4.78 is 27.5. The Morgan fingerprint density at radius 3 is 2.41 bits per heavy atom. The molecule has 0 bridgehead atoms. The second-order valence-corrected chi connectivity index (χ2v) is 7.56. The number of carbonyl (C=O) groups excluding carboxylic acids is 2. The third kappa shape index (κ3) is 4.09. The standard InChI is InChI=1S/C20H20F2N4O2S/c1-5-26(9-15(27)25-17-13(21)7-6-8-14(17)22)20(28)18-10(2)16-11(3)23-12(4)24-19(16)29-18/h6-8H,5,9H2,1-4H3,(H,25,27). The number of para-hydroxylation sites is 1. The number of rotatable bonds is 5. The van der Waals surface area contributed by atoms with Crippen LogP contribution < -0.4 is 5.32 Å². The predicted octanol–water partition coefficient (Wildman–Crippen LogP) is 4.00. The predicted molar refractivity (Wildman–Crippen MR) is 108 cm³/mol. The number of carbonyl (C=O) groups is 2. The molecule has 2 amide bonds.